The molecule has 9 nitrogen and oxygen atoms in total. The van der Waals surface area contributed by atoms with Gasteiger partial charge in [-0.25, -0.2) is 14.8 Å². The van der Waals surface area contributed by atoms with Crippen molar-refractivity contribution in [1.82, 2.24) is 25.5 Å². The van der Waals surface area contributed by atoms with Gasteiger partial charge in [0.05, 0.1) is 12.4 Å². The monoisotopic (exact) mass is 355 g/mol. The summed E-state index contributed by atoms with van der Waals surface area (Å²) in [5, 5.41) is 21.8. The smallest absolute Gasteiger partial charge is 0.407 e. The van der Waals surface area contributed by atoms with Crippen molar-refractivity contribution in [2.75, 3.05) is 11.9 Å². The molecule has 1 aliphatic carbocycles. The number of nitrogens with one attached hydrogen (secondary N) is 3. The second-order valence-corrected chi connectivity index (χ2v) is 6.20. The number of rotatable bonds is 6. The first-order chi connectivity index (χ1) is 12.7. The van der Waals surface area contributed by atoms with E-state index in [0.29, 0.717) is 18.2 Å². The number of aromatic amines is 1. The average molecular weight is 355 g/mol. The van der Waals surface area contributed by atoms with E-state index in [0.717, 1.165) is 31.4 Å². The van der Waals surface area contributed by atoms with E-state index in [-0.39, 0.29) is 23.8 Å². The molecule has 0 spiro atoms. The Kier molecular flexibility index (Phi) is 5.63. The first-order valence-electron chi connectivity index (χ1n) is 8.67. The minimum atomic E-state index is -0.344. The van der Waals surface area contributed by atoms with Gasteiger partial charge in [-0.15, -0.1) is 0 Å². The zero-order chi connectivity index (χ0) is 18.4. The maximum Gasteiger partial charge on any atom is 0.407 e. The van der Waals surface area contributed by atoms with Crippen LogP contribution in [0.15, 0.2) is 18.5 Å². The minimum absolute atomic E-state index is 0.0686. The van der Waals surface area contributed by atoms with Crippen LogP contribution in [0.4, 0.5) is 16.4 Å². The van der Waals surface area contributed by atoms with Crippen LogP contribution in [0.3, 0.4) is 0 Å². The highest BCUT2D eigenvalue weighted by Crippen LogP contribution is 2.36. The molecule has 0 aliphatic heterocycles. The first kappa shape index (κ1) is 17.7. The number of aromatic nitrogens is 4. The van der Waals surface area contributed by atoms with E-state index in [1.54, 1.807) is 0 Å². The summed E-state index contributed by atoms with van der Waals surface area (Å²) in [6.45, 7) is 2.63. The van der Waals surface area contributed by atoms with Crippen LogP contribution in [0.1, 0.15) is 49.9 Å². The Balaban J connectivity index is 1.53. The molecular formula is C17H21N7O2. The second-order valence-electron chi connectivity index (χ2n) is 6.20. The highest BCUT2D eigenvalue weighted by Gasteiger charge is 2.29. The van der Waals surface area contributed by atoms with Crippen LogP contribution in [0, 0.1) is 11.3 Å². The van der Waals surface area contributed by atoms with Gasteiger partial charge in [-0.3, -0.25) is 5.10 Å². The third-order valence-electron chi connectivity index (χ3n) is 4.24. The molecule has 2 atom stereocenters. The molecule has 2 heterocycles. The maximum atomic E-state index is 11.7. The molecule has 9 heteroatoms. The summed E-state index contributed by atoms with van der Waals surface area (Å²) in [7, 11) is 0. The number of hydrogen-bond donors (Lipinski definition) is 3. The Hall–Kier alpha value is -3.15. The normalized spacial score (nSPS) is 18.9. The van der Waals surface area contributed by atoms with E-state index in [1.807, 2.05) is 19.1 Å². The quantitative estimate of drug-likeness (QED) is 0.726. The van der Waals surface area contributed by atoms with Crippen LogP contribution >= 0.6 is 0 Å². The molecule has 2 aromatic rings. The Morgan fingerprint density at radius 1 is 1.38 bits per heavy atom. The lowest BCUT2D eigenvalue weighted by Gasteiger charge is -2.12. The average Bonchev–Trinajstić information content (AvgIpc) is 3.30. The number of H-pyrrole nitrogens is 1. The van der Waals surface area contributed by atoms with Gasteiger partial charge in [-0.1, -0.05) is 6.92 Å². The molecule has 0 radical (unpaired) electrons. The van der Waals surface area contributed by atoms with E-state index in [1.165, 1.54) is 12.4 Å². The third-order valence-corrected chi connectivity index (χ3v) is 4.24. The summed E-state index contributed by atoms with van der Waals surface area (Å²) < 4.78 is 5.44. The van der Waals surface area contributed by atoms with Crippen molar-refractivity contribution >= 4 is 17.7 Å². The molecule has 1 aliphatic rings. The number of carbonyl (C=O) groups excluding carboxylic acids is 1. The van der Waals surface area contributed by atoms with Crippen molar-refractivity contribution in [2.45, 2.75) is 44.6 Å². The molecule has 0 saturated heterocycles. The van der Waals surface area contributed by atoms with Gasteiger partial charge >= 0.3 is 6.09 Å². The molecule has 1 saturated carbocycles. The lowest BCUT2D eigenvalue weighted by Crippen LogP contribution is -2.28. The fourth-order valence-corrected chi connectivity index (χ4v) is 2.94. The van der Waals surface area contributed by atoms with Gasteiger partial charge in [0.15, 0.2) is 11.5 Å². The summed E-state index contributed by atoms with van der Waals surface area (Å²) in [6, 6.07) is 3.85. The van der Waals surface area contributed by atoms with Crippen molar-refractivity contribution in [1.29, 1.82) is 5.26 Å². The number of hydrogen-bond acceptors (Lipinski definition) is 7. The van der Waals surface area contributed by atoms with Gasteiger partial charge in [0.1, 0.15) is 18.0 Å². The van der Waals surface area contributed by atoms with Crippen molar-refractivity contribution in [3.05, 3.63) is 29.8 Å². The fraction of sp³-hybridized carbons (Fsp3) is 0.471. The van der Waals surface area contributed by atoms with E-state index in [9.17, 15) is 4.79 Å². The molecule has 2 aromatic heterocycles. The third kappa shape index (κ3) is 4.47. The Morgan fingerprint density at radius 3 is 3.00 bits per heavy atom. The van der Waals surface area contributed by atoms with Crippen LogP contribution in [0.5, 0.6) is 0 Å². The number of anilines is 2. The zero-order valence-electron chi connectivity index (χ0n) is 14.5. The molecular weight excluding hydrogens is 334 g/mol. The van der Waals surface area contributed by atoms with Crippen LogP contribution < -0.4 is 10.6 Å². The molecule has 0 bridgehead atoms. The number of amides is 1. The summed E-state index contributed by atoms with van der Waals surface area (Å²) in [6.07, 6.45) is 5.91. The highest BCUT2D eigenvalue weighted by atomic mass is 16.6. The predicted octanol–water partition coefficient (Wildman–Crippen LogP) is 2.59. The van der Waals surface area contributed by atoms with Crippen molar-refractivity contribution in [2.24, 2.45) is 0 Å². The Bertz CT molecular complexity index is 781. The zero-order valence-corrected chi connectivity index (χ0v) is 14.5. The highest BCUT2D eigenvalue weighted by molar-refractivity contribution is 5.67. The minimum Gasteiger partial charge on any atom is -0.446 e. The van der Waals surface area contributed by atoms with E-state index in [4.69, 9.17) is 10.00 Å². The van der Waals surface area contributed by atoms with Crippen LogP contribution in [0.25, 0.3) is 0 Å². The standard InChI is InChI=1S/C17H21N7O2/c1-2-5-19-17(25)26-13-4-3-11(6-13)14-7-15(24-23-14)22-16-10-20-12(8-18)9-21-16/h7,9-11,13H,2-6H2,1H3,(H,19,25)(H2,21,22,23,24). The van der Waals surface area contributed by atoms with Gasteiger partial charge in [0, 0.05) is 24.2 Å². The molecule has 2 unspecified atom stereocenters. The number of alkyl carbamates (subject to hydrolysis) is 1. The predicted molar refractivity (Wildman–Crippen MR) is 93.8 cm³/mol. The molecule has 136 valence electrons. The lowest BCUT2D eigenvalue weighted by atomic mass is 10.0. The second kappa shape index (κ2) is 8.29. The van der Waals surface area contributed by atoms with Crippen LogP contribution in [0.2, 0.25) is 0 Å². The summed E-state index contributed by atoms with van der Waals surface area (Å²) in [5.41, 5.74) is 1.26. The number of carbonyl (C=O) groups is 1. The summed E-state index contributed by atoms with van der Waals surface area (Å²) in [4.78, 5) is 19.7. The van der Waals surface area contributed by atoms with Gasteiger partial charge in [-0.05, 0) is 25.7 Å². The van der Waals surface area contributed by atoms with Crippen molar-refractivity contribution in [3.8, 4) is 6.07 Å². The van der Waals surface area contributed by atoms with E-state index >= 15 is 0 Å². The number of nitriles is 1. The molecule has 26 heavy (non-hydrogen) atoms. The molecule has 3 N–H and O–H groups in total. The topological polar surface area (TPSA) is 129 Å². The molecule has 3 rings (SSSR count). The van der Waals surface area contributed by atoms with Gasteiger partial charge in [0.25, 0.3) is 0 Å². The number of ether oxygens (including phenoxy) is 1. The van der Waals surface area contributed by atoms with E-state index < -0.39 is 0 Å². The SMILES string of the molecule is CCCNC(=O)OC1CCC(c2cc(Nc3cnc(C#N)cn3)n[nH]2)C1. The molecule has 0 aromatic carbocycles. The molecule has 1 amide bonds. The number of nitrogens with zero attached hydrogens (tertiary/aromatic N) is 4. The van der Waals surface area contributed by atoms with Gasteiger partial charge in [-0.2, -0.15) is 10.4 Å². The van der Waals surface area contributed by atoms with Gasteiger partial charge in [0.2, 0.25) is 0 Å². The summed E-state index contributed by atoms with van der Waals surface area (Å²) in [5.74, 6) is 1.42. The van der Waals surface area contributed by atoms with E-state index in [2.05, 4.69) is 30.8 Å². The van der Waals surface area contributed by atoms with Crippen LogP contribution in [-0.2, 0) is 4.74 Å². The first-order valence-corrected chi connectivity index (χ1v) is 8.67. The lowest BCUT2D eigenvalue weighted by molar-refractivity contribution is 0.100. The Morgan fingerprint density at radius 2 is 2.27 bits per heavy atom. The largest absolute Gasteiger partial charge is 0.446 e. The fourth-order valence-electron chi connectivity index (χ4n) is 2.94. The summed E-state index contributed by atoms with van der Waals surface area (Å²) >= 11 is 0. The maximum absolute atomic E-state index is 11.7. The van der Waals surface area contributed by atoms with Crippen LogP contribution in [-0.4, -0.2) is 38.9 Å². The van der Waals surface area contributed by atoms with Crippen molar-refractivity contribution in [3.63, 3.8) is 0 Å². The molecule has 1 fully saturated rings. The Labute approximate surface area is 151 Å². The van der Waals surface area contributed by atoms with Gasteiger partial charge < -0.3 is 15.4 Å². The van der Waals surface area contributed by atoms with Crippen molar-refractivity contribution < 1.29 is 9.53 Å².